The average Bonchev–Trinajstić information content (AvgIpc) is 2.92. The fraction of sp³-hybridized carbons (Fsp3) is 0.250. The van der Waals surface area contributed by atoms with E-state index < -0.39 is 5.97 Å². The summed E-state index contributed by atoms with van der Waals surface area (Å²) < 4.78 is 5.51. The quantitative estimate of drug-likeness (QED) is 0.268. The monoisotopic (exact) mass is 524 g/mol. The lowest BCUT2D eigenvalue weighted by atomic mass is 9.72. The van der Waals surface area contributed by atoms with Crippen LogP contribution in [0.4, 0.5) is 5.69 Å². The number of ether oxygens (including phenoxy) is 1. The van der Waals surface area contributed by atoms with E-state index in [4.69, 9.17) is 21.4 Å². The number of morpholine rings is 1. The molecule has 0 amide bonds. The highest BCUT2D eigenvalue weighted by atomic mass is 35.5. The Morgan fingerprint density at radius 2 is 1.66 bits per heavy atom. The van der Waals surface area contributed by atoms with Crippen molar-refractivity contribution in [2.24, 2.45) is 5.92 Å². The Labute approximate surface area is 228 Å². The first-order valence-electron chi connectivity index (χ1n) is 12.9. The summed E-state index contributed by atoms with van der Waals surface area (Å²) in [5, 5.41) is 19.6. The third-order valence-corrected chi connectivity index (χ3v) is 7.56. The van der Waals surface area contributed by atoms with E-state index in [9.17, 15) is 10.1 Å². The van der Waals surface area contributed by atoms with E-state index >= 15 is 0 Å². The molecule has 1 saturated carbocycles. The summed E-state index contributed by atoms with van der Waals surface area (Å²) in [4.78, 5) is 13.3. The highest BCUT2D eigenvalue weighted by molar-refractivity contribution is 6.30. The zero-order valence-electron chi connectivity index (χ0n) is 21.1. The molecular formula is C32H29ClN2O3. The number of carbonyl (C=O) groups is 1. The van der Waals surface area contributed by atoms with E-state index in [0.29, 0.717) is 16.5 Å². The second kappa shape index (κ2) is 11.7. The van der Waals surface area contributed by atoms with Crippen molar-refractivity contribution in [3.8, 4) is 6.07 Å². The second-order valence-corrected chi connectivity index (χ2v) is 10.1. The molecule has 3 aromatic carbocycles. The van der Waals surface area contributed by atoms with Gasteiger partial charge in [-0.2, -0.15) is 5.26 Å². The molecule has 192 valence electrons. The maximum atomic E-state index is 11.0. The zero-order valence-corrected chi connectivity index (χ0v) is 21.8. The molecule has 0 atom stereocenters. The van der Waals surface area contributed by atoms with Crippen LogP contribution in [0.1, 0.15) is 47.1 Å². The number of benzene rings is 3. The van der Waals surface area contributed by atoms with Crippen LogP contribution in [0.25, 0.3) is 17.2 Å². The summed E-state index contributed by atoms with van der Waals surface area (Å²) >= 11 is 6.27. The van der Waals surface area contributed by atoms with E-state index in [0.717, 1.165) is 85.0 Å². The van der Waals surface area contributed by atoms with Crippen LogP contribution in [0.3, 0.4) is 0 Å². The Bertz CT molecular complexity index is 1410. The predicted octanol–water partition coefficient (Wildman–Crippen LogP) is 6.91. The number of allylic oxidation sites excluding steroid dienone is 1. The molecular weight excluding hydrogens is 496 g/mol. The van der Waals surface area contributed by atoms with Crippen LogP contribution in [0.15, 0.2) is 72.8 Å². The minimum atomic E-state index is -0.978. The summed E-state index contributed by atoms with van der Waals surface area (Å²) in [5.74, 6) is -0.641. The molecule has 5 rings (SSSR count). The van der Waals surface area contributed by atoms with Crippen LogP contribution < -0.4 is 4.90 Å². The number of carboxylic acid groups (broad SMARTS) is 1. The first kappa shape index (κ1) is 25.8. The number of carboxylic acids is 1. The highest BCUT2D eigenvalue weighted by Gasteiger charge is 2.29. The first-order chi connectivity index (χ1) is 18.5. The Hall–Kier alpha value is -3.85. The number of hydrogen-bond acceptors (Lipinski definition) is 4. The predicted molar refractivity (Wildman–Crippen MR) is 152 cm³/mol. The van der Waals surface area contributed by atoms with Crippen LogP contribution in [0.2, 0.25) is 5.02 Å². The molecule has 0 spiro atoms. The van der Waals surface area contributed by atoms with E-state index in [2.05, 4.69) is 35.2 Å². The fourth-order valence-electron chi connectivity index (χ4n) is 5.17. The van der Waals surface area contributed by atoms with Crippen molar-refractivity contribution in [1.82, 2.24) is 0 Å². The highest BCUT2D eigenvalue weighted by Crippen LogP contribution is 2.46. The van der Waals surface area contributed by atoms with Gasteiger partial charge in [0.15, 0.2) is 0 Å². The normalized spacial score (nSPS) is 16.6. The summed E-state index contributed by atoms with van der Waals surface area (Å²) in [6.45, 7) is 3.21. The maximum absolute atomic E-state index is 11.0. The summed E-state index contributed by atoms with van der Waals surface area (Å²) in [5.41, 5.74) is 7.83. The molecule has 1 N–H and O–H groups in total. The lowest BCUT2D eigenvalue weighted by Gasteiger charge is -2.32. The molecule has 6 heteroatoms. The van der Waals surface area contributed by atoms with Crippen molar-refractivity contribution < 1.29 is 14.6 Å². The first-order valence-corrected chi connectivity index (χ1v) is 13.3. The molecule has 3 aromatic rings. The number of rotatable bonds is 7. The number of nitrogens with zero attached hydrogens (tertiary/aromatic N) is 2. The number of anilines is 1. The molecule has 2 fully saturated rings. The number of hydrogen-bond donors (Lipinski definition) is 1. The maximum Gasteiger partial charge on any atom is 0.328 e. The van der Waals surface area contributed by atoms with Gasteiger partial charge in [-0.05, 0) is 82.5 Å². The van der Waals surface area contributed by atoms with Gasteiger partial charge in [-0.1, -0.05) is 60.5 Å². The van der Waals surface area contributed by atoms with Crippen molar-refractivity contribution in [2.45, 2.75) is 19.3 Å². The lowest BCUT2D eigenvalue weighted by molar-refractivity contribution is -0.131. The van der Waals surface area contributed by atoms with E-state index in [1.807, 2.05) is 36.4 Å². The third kappa shape index (κ3) is 5.67. The molecule has 0 aromatic heterocycles. The number of nitriles is 1. The van der Waals surface area contributed by atoms with Crippen molar-refractivity contribution in [3.63, 3.8) is 0 Å². The van der Waals surface area contributed by atoms with Gasteiger partial charge in [-0.3, -0.25) is 0 Å². The Kier molecular flexibility index (Phi) is 7.93. The van der Waals surface area contributed by atoms with Crippen molar-refractivity contribution in [3.05, 3.63) is 106 Å². The van der Waals surface area contributed by atoms with E-state index in [1.54, 1.807) is 12.1 Å². The van der Waals surface area contributed by atoms with Crippen LogP contribution in [0, 0.1) is 17.2 Å². The van der Waals surface area contributed by atoms with E-state index in [-0.39, 0.29) is 0 Å². The summed E-state index contributed by atoms with van der Waals surface area (Å²) in [6.07, 6.45) is 6.02. The molecule has 2 aliphatic rings. The lowest BCUT2D eigenvalue weighted by Crippen LogP contribution is -2.36. The van der Waals surface area contributed by atoms with Gasteiger partial charge in [0.1, 0.15) is 0 Å². The molecule has 1 aliphatic heterocycles. The van der Waals surface area contributed by atoms with Crippen LogP contribution >= 0.6 is 11.6 Å². The molecule has 0 radical (unpaired) electrons. The average molecular weight is 525 g/mol. The zero-order chi connectivity index (χ0) is 26.5. The molecule has 38 heavy (non-hydrogen) atoms. The molecule has 0 unspecified atom stereocenters. The smallest absolute Gasteiger partial charge is 0.328 e. The van der Waals surface area contributed by atoms with Gasteiger partial charge >= 0.3 is 5.97 Å². The van der Waals surface area contributed by atoms with Crippen LogP contribution in [-0.4, -0.2) is 37.4 Å². The number of halogens is 1. The van der Waals surface area contributed by atoms with Gasteiger partial charge in [0.05, 0.1) is 24.8 Å². The van der Waals surface area contributed by atoms with Crippen molar-refractivity contribution in [1.29, 1.82) is 5.26 Å². The molecule has 0 bridgehead atoms. The van der Waals surface area contributed by atoms with Gasteiger partial charge in [0.2, 0.25) is 0 Å². The molecule has 1 heterocycles. The van der Waals surface area contributed by atoms with Crippen LogP contribution in [-0.2, 0) is 9.53 Å². The Balaban J connectivity index is 1.67. The minimum Gasteiger partial charge on any atom is -0.478 e. The minimum absolute atomic E-state index is 0.337. The molecule has 5 nitrogen and oxygen atoms in total. The van der Waals surface area contributed by atoms with Crippen LogP contribution in [0.5, 0.6) is 0 Å². The standard InChI is InChI=1S/C32H29ClN2O3/c33-27-11-14-29(26(20-27)21-34)32(23-2-1-3-23)31(24-7-4-22(5-8-24)6-15-30(36)37)25-9-12-28(13-10-25)35-16-18-38-19-17-35/h4-15,20,23H,1-3,16-19H2,(H,36,37). The number of aliphatic carboxylic acids is 1. The Morgan fingerprint density at radius 3 is 2.24 bits per heavy atom. The van der Waals surface area contributed by atoms with Gasteiger partial charge in [-0.25, -0.2) is 4.79 Å². The van der Waals surface area contributed by atoms with Gasteiger partial charge < -0.3 is 14.7 Å². The molecule has 1 saturated heterocycles. The SMILES string of the molecule is N#Cc1cc(Cl)ccc1C(=C(c1ccc(C=CC(=O)O)cc1)c1ccc(N2CCOCC2)cc1)C1CCC1. The van der Waals surface area contributed by atoms with Crippen molar-refractivity contribution >= 4 is 40.5 Å². The van der Waals surface area contributed by atoms with Crippen molar-refractivity contribution in [2.75, 3.05) is 31.2 Å². The summed E-state index contributed by atoms with van der Waals surface area (Å²) in [7, 11) is 0. The second-order valence-electron chi connectivity index (χ2n) is 9.66. The largest absolute Gasteiger partial charge is 0.478 e. The van der Waals surface area contributed by atoms with Gasteiger partial charge in [0, 0.05) is 29.9 Å². The van der Waals surface area contributed by atoms with Gasteiger partial charge in [0.25, 0.3) is 0 Å². The summed E-state index contributed by atoms with van der Waals surface area (Å²) in [6, 6.07) is 24.5. The Morgan fingerprint density at radius 1 is 1.00 bits per heavy atom. The fourth-order valence-corrected chi connectivity index (χ4v) is 5.34. The third-order valence-electron chi connectivity index (χ3n) is 7.32. The topological polar surface area (TPSA) is 73.6 Å². The van der Waals surface area contributed by atoms with Gasteiger partial charge in [-0.15, -0.1) is 0 Å². The molecule has 1 aliphatic carbocycles. The van der Waals surface area contributed by atoms with E-state index in [1.165, 1.54) is 5.69 Å².